The molecule has 0 saturated heterocycles. The van der Waals surface area contributed by atoms with Gasteiger partial charge < -0.3 is 9.84 Å². The highest BCUT2D eigenvalue weighted by Gasteiger charge is 2.07. The fourth-order valence-corrected chi connectivity index (χ4v) is 1.09. The quantitative estimate of drug-likeness (QED) is 0.568. The van der Waals surface area contributed by atoms with Crippen LogP contribution >= 0.6 is 11.6 Å². The Balaban J connectivity index is 2.95. The fourth-order valence-electron chi connectivity index (χ4n) is 0.919. The summed E-state index contributed by atoms with van der Waals surface area (Å²) in [6.07, 6.45) is 0. The zero-order valence-corrected chi connectivity index (χ0v) is 7.93. The molecule has 3 nitrogen and oxygen atoms in total. The normalized spacial score (nSPS) is 9.69. The monoisotopic (exact) mass is 199 g/mol. The van der Waals surface area contributed by atoms with Crippen LogP contribution in [-0.4, -0.2) is 17.6 Å². The lowest BCUT2D eigenvalue weighted by Gasteiger charge is -2.06. The minimum absolute atomic E-state index is 0.0362. The Bertz CT molecular complexity index is 325. The minimum Gasteiger partial charge on any atom is -0.507 e. The summed E-state index contributed by atoms with van der Waals surface area (Å²) < 4.78 is 4.93. The maximum atomic E-state index is 9.38. The summed E-state index contributed by atoms with van der Waals surface area (Å²) in [7, 11) is 0. The second-order valence-electron chi connectivity index (χ2n) is 2.42. The van der Waals surface area contributed by atoms with Crippen LogP contribution in [-0.2, 0) is 4.74 Å². The molecule has 0 unspecified atom stereocenters. The molecule has 13 heavy (non-hydrogen) atoms. The Labute approximate surface area is 81.4 Å². The summed E-state index contributed by atoms with van der Waals surface area (Å²) in [5.41, 5.74) is 0.353. The predicted octanol–water partition coefficient (Wildman–Crippen LogP) is 2.41. The number of rotatable bonds is 2. The van der Waals surface area contributed by atoms with Gasteiger partial charge in [0.25, 0.3) is 0 Å². The van der Waals surface area contributed by atoms with E-state index in [-0.39, 0.29) is 11.6 Å². The Kier molecular flexibility index (Phi) is 3.14. The number of benzene rings is 1. The molecule has 4 heteroatoms. The molecular weight excluding hydrogens is 190 g/mol. The molecular formula is C9H10ClNO2. The van der Waals surface area contributed by atoms with Crippen molar-refractivity contribution in [2.45, 2.75) is 6.92 Å². The van der Waals surface area contributed by atoms with E-state index in [9.17, 15) is 5.11 Å². The number of phenols is 1. The van der Waals surface area contributed by atoms with Gasteiger partial charge >= 0.3 is 0 Å². The zero-order chi connectivity index (χ0) is 9.84. The third-order valence-electron chi connectivity index (χ3n) is 1.49. The molecule has 0 radical (unpaired) electrons. The van der Waals surface area contributed by atoms with Gasteiger partial charge in [0.15, 0.2) is 0 Å². The first-order chi connectivity index (χ1) is 6.15. The summed E-state index contributed by atoms with van der Waals surface area (Å²) in [6, 6.07) is 4.53. The van der Waals surface area contributed by atoms with Crippen LogP contribution in [0.15, 0.2) is 18.2 Å². The van der Waals surface area contributed by atoms with Crippen molar-refractivity contribution < 1.29 is 9.84 Å². The predicted molar refractivity (Wildman–Crippen MR) is 51.6 cm³/mol. The molecule has 70 valence electrons. The third-order valence-corrected chi connectivity index (χ3v) is 1.73. The van der Waals surface area contributed by atoms with E-state index >= 15 is 0 Å². The van der Waals surface area contributed by atoms with Crippen molar-refractivity contribution in [2.75, 3.05) is 6.61 Å². The number of hydrogen-bond acceptors (Lipinski definition) is 3. The van der Waals surface area contributed by atoms with E-state index in [4.69, 9.17) is 21.7 Å². The van der Waals surface area contributed by atoms with Crippen molar-refractivity contribution in [2.24, 2.45) is 0 Å². The van der Waals surface area contributed by atoms with Crippen LogP contribution in [0.2, 0.25) is 5.02 Å². The van der Waals surface area contributed by atoms with Crippen LogP contribution < -0.4 is 0 Å². The topological polar surface area (TPSA) is 53.3 Å². The van der Waals surface area contributed by atoms with Gasteiger partial charge in [-0.1, -0.05) is 11.6 Å². The van der Waals surface area contributed by atoms with Gasteiger partial charge in [-0.15, -0.1) is 0 Å². The van der Waals surface area contributed by atoms with Gasteiger partial charge in [-0.05, 0) is 25.1 Å². The Morgan fingerprint density at radius 1 is 1.62 bits per heavy atom. The van der Waals surface area contributed by atoms with Crippen LogP contribution in [0, 0.1) is 5.41 Å². The molecule has 1 rings (SSSR count). The van der Waals surface area contributed by atoms with Gasteiger partial charge in [0.2, 0.25) is 5.90 Å². The summed E-state index contributed by atoms with van der Waals surface area (Å²) in [5.74, 6) is -0.0809. The lowest BCUT2D eigenvalue weighted by molar-refractivity contribution is 0.324. The number of phenolic OH excluding ortho intramolecular Hbond substituents is 1. The van der Waals surface area contributed by atoms with E-state index < -0.39 is 0 Å². The molecule has 0 aromatic heterocycles. The maximum Gasteiger partial charge on any atom is 0.217 e. The van der Waals surface area contributed by atoms with E-state index in [1.165, 1.54) is 6.07 Å². The van der Waals surface area contributed by atoms with Crippen LogP contribution in [0.3, 0.4) is 0 Å². The summed E-state index contributed by atoms with van der Waals surface area (Å²) in [6.45, 7) is 2.18. The molecule has 0 aliphatic rings. The number of aromatic hydroxyl groups is 1. The van der Waals surface area contributed by atoms with Crippen molar-refractivity contribution in [3.63, 3.8) is 0 Å². The standard InChI is InChI=1S/C9H10ClNO2/c1-2-13-9(11)7-4-3-6(10)5-8(7)12/h3-5,11-12H,2H2,1H3. The van der Waals surface area contributed by atoms with Gasteiger partial charge in [-0.2, -0.15) is 0 Å². The maximum absolute atomic E-state index is 9.38. The van der Waals surface area contributed by atoms with Crippen molar-refractivity contribution in [3.8, 4) is 5.75 Å². The van der Waals surface area contributed by atoms with E-state index in [0.717, 1.165) is 0 Å². The first-order valence-electron chi connectivity index (χ1n) is 3.85. The molecule has 0 bridgehead atoms. The second kappa shape index (κ2) is 4.14. The summed E-state index contributed by atoms with van der Waals surface area (Å²) in [4.78, 5) is 0. The van der Waals surface area contributed by atoms with Crippen LogP contribution in [0.25, 0.3) is 0 Å². The van der Waals surface area contributed by atoms with E-state index in [2.05, 4.69) is 0 Å². The van der Waals surface area contributed by atoms with Gasteiger partial charge in [0.05, 0.1) is 12.2 Å². The molecule has 0 aliphatic carbocycles. The van der Waals surface area contributed by atoms with Crippen molar-refractivity contribution in [1.82, 2.24) is 0 Å². The van der Waals surface area contributed by atoms with Gasteiger partial charge in [-0.3, -0.25) is 5.41 Å². The van der Waals surface area contributed by atoms with Gasteiger partial charge in [0, 0.05) is 5.02 Å². The molecule has 0 heterocycles. The smallest absolute Gasteiger partial charge is 0.217 e. The number of ether oxygens (including phenoxy) is 1. The lowest BCUT2D eigenvalue weighted by atomic mass is 10.2. The Hall–Kier alpha value is -1.22. The highest BCUT2D eigenvalue weighted by Crippen LogP contribution is 2.22. The Morgan fingerprint density at radius 2 is 2.31 bits per heavy atom. The molecule has 0 atom stereocenters. The Morgan fingerprint density at radius 3 is 2.85 bits per heavy atom. The molecule has 0 spiro atoms. The second-order valence-corrected chi connectivity index (χ2v) is 2.86. The van der Waals surface area contributed by atoms with Crippen molar-refractivity contribution in [1.29, 1.82) is 5.41 Å². The minimum atomic E-state index is -0.0448. The molecule has 0 aliphatic heterocycles. The van der Waals surface area contributed by atoms with E-state index in [1.54, 1.807) is 19.1 Å². The van der Waals surface area contributed by atoms with Crippen molar-refractivity contribution >= 4 is 17.5 Å². The van der Waals surface area contributed by atoms with Gasteiger partial charge in [-0.25, -0.2) is 0 Å². The average molecular weight is 200 g/mol. The number of nitrogens with one attached hydrogen (secondary N) is 1. The van der Waals surface area contributed by atoms with Crippen LogP contribution in [0.4, 0.5) is 0 Å². The summed E-state index contributed by atoms with van der Waals surface area (Å²) >= 11 is 5.63. The summed E-state index contributed by atoms with van der Waals surface area (Å²) in [5, 5.41) is 17.2. The SMILES string of the molecule is CCOC(=N)c1ccc(Cl)cc1O. The first kappa shape index (κ1) is 9.86. The zero-order valence-electron chi connectivity index (χ0n) is 7.17. The molecule has 0 saturated carbocycles. The molecule has 0 fully saturated rings. The highest BCUT2D eigenvalue weighted by atomic mass is 35.5. The van der Waals surface area contributed by atoms with Gasteiger partial charge in [0.1, 0.15) is 5.75 Å². The molecule has 2 N–H and O–H groups in total. The highest BCUT2D eigenvalue weighted by molar-refractivity contribution is 6.30. The first-order valence-corrected chi connectivity index (χ1v) is 4.23. The van der Waals surface area contributed by atoms with Crippen LogP contribution in [0.5, 0.6) is 5.75 Å². The largest absolute Gasteiger partial charge is 0.507 e. The molecule has 1 aromatic rings. The average Bonchev–Trinajstić information content (AvgIpc) is 2.04. The van der Waals surface area contributed by atoms with Crippen LogP contribution in [0.1, 0.15) is 12.5 Å². The van der Waals surface area contributed by atoms with E-state index in [0.29, 0.717) is 17.2 Å². The lowest BCUT2D eigenvalue weighted by Crippen LogP contribution is -2.04. The number of hydrogen-bond donors (Lipinski definition) is 2. The van der Waals surface area contributed by atoms with Crippen molar-refractivity contribution in [3.05, 3.63) is 28.8 Å². The third kappa shape index (κ3) is 2.36. The molecule has 1 aromatic carbocycles. The fraction of sp³-hybridized carbons (Fsp3) is 0.222. The molecule has 0 amide bonds. The van der Waals surface area contributed by atoms with E-state index in [1.807, 2.05) is 0 Å². The number of halogens is 1.